The molecule has 4 unspecified atom stereocenters. The molecule has 0 bridgehead atoms. The zero-order valence-corrected chi connectivity index (χ0v) is 21.3. The molecule has 1 aromatic carbocycles. The monoisotopic (exact) mass is 514 g/mol. The van der Waals surface area contributed by atoms with Gasteiger partial charge in [0.25, 0.3) is 13.4 Å². The maximum Gasteiger partial charge on any atom is 1.00 e. The Morgan fingerprint density at radius 3 is 2.29 bits per heavy atom. The first-order valence-electron chi connectivity index (χ1n) is 9.01. The number of aliphatic hydroxyl groups excluding tert-OH is 3. The van der Waals surface area contributed by atoms with Gasteiger partial charge in [-0.2, -0.15) is 4.98 Å². The summed E-state index contributed by atoms with van der Waals surface area (Å²) in [5.41, 5.74) is 0.565. The minimum atomic E-state index is -5.14. The van der Waals surface area contributed by atoms with Crippen LogP contribution >= 0.6 is 7.82 Å². The number of aliphatic hydroxyl groups is 3. The standard InChI is InChI=1S/C17H21N4O9P.Na.2H2O/c1-7-3-9-10(4-8(7)2)21(15-13(18-9)16(25)20-17(26)19-15)5-11(22)14(24)12(23)6-30-31(27,28)29;;;/h3-4,11-12,14,22-24H,5-6H2,1-2H3,(H,20,25,26)(H2,27,28,29);;2*1H2/q;+1;;/p-1. The van der Waals surface area contributed by atoms with Gasteiger partial charge >= 0.3 is 35.2 Å². The first-order chi connectivity index (χ1) is 14.4. The molecule has 0 aromatic heterocycles. The van der Waals surface area contributed by atoms with Crippen molar-refractivity contribution in [2.75, 3.05) is 6.61 Å². The SMILES string of the molecule is Cc1cc2nc3c(=O)[nH]c(=O)nc-3n(CC(O)C(O)C(O)COP(=O)([O-])O)c2cc1C.O.O.[Na+]. The van der Waals surface area contributed by atoms with Gasteiger partial charge in [0.1, 0.15) is 18.3 Å². The Labute approximate surface area is 213 Å². The van der Waals surface area contributed by atoms with E-state index in [1.54, 1.807) is 12.1 Å². The molecule has 2 aliphatic heterocycles. The summed E-state index contributed by atoms with van der Waals surface area (Å²) >= 11 is 0. The van der Waals surface area contributed by atoms with Crippen molar-refractivity contribution in [3.05, 3.63) is 44.1 Å². The van der Waals surface area contributed by atoms with Crippen molar-refractivity contribution < 1.29 is 74.7 Å². The predicted molar refractivity (Wildman–Crippen MR) is 112 cm³/mol. The molecular formula is C17H24N4NaO11P. The maximum atomic E-state index is 12.2. The van der Waals surface area contributed by atoms with Crippen LogP contribution in [0.5, 0.6) is 0 Å². The smallest absolute Gasteiger partial charge is 0.756 e. The molecule has 0 saturated carbocycles. The molecule has 3 rings (SSSR count). The molecule has 0 saturated heterocycles. The van der Waals surface area contributed by atoms with E-state index in [-0.39, 0.29) is 52.0 Å². The molecule has 0 amide bonds. The van der Waals surface area contributed by atoms with Gasteiger partial charge in [-0.1, -0.05) is 0 Å². The van der Waals surface area contributed by atoms with Crippen LogP contribution in [-0.4, -0.2) is 75.6 Å². The minimum Gasteiger partial charge on any atom is -0.756 e. The summed E-state index contributed by atoms with van der Waals surface area (Å²) in [7, 11) is -5.14. The number of aromatic nitrogens is 4. The zero-order valence-electron chi connectivity index (χ0n) is 18.4. The average molecular weight is 514 g/mol. The molecule has 4 atom stereocenters. The molecule has 2 heterocycles. The largest absolute Gasteiger partial charge is 1.00 e. The number of aromatic amines is 1. The van der Waals surface area contributed by atoms with Crippen molar-refractivity contribution in [3.8, 4) is 11.5 Å². The average Bonchev–Trinajstić information content (AvgIpc) is 2.67. The van der Waals surface area contributed by atoms with Crippen LogP contribution in [0.3, 0.4) is 0 Å². The van der Waals surface area contributed by atoms with E-state index in [0.717, 1.165) is 11.1 Å². The van der Waals surface area contributed by atoms with Gasteiger partial charge in [0.2, 0.25) is 0 Å². The van der Waals surface area contributed by atoms with Crippen LogP contribution in [0.4, 0.5) is 0 Å². The molecule has 184 valence electrons. The molecule has 1 aromatic rings. The van der Waals surface area contributed by atoms with E-state index in [0.29, 0.717) is 11.0 Å². The van der Waals surface area contributed by atoms with Crippen LogP contribution in [0.25, 0.3) is 22.6 Å². The van der Waals surface area contributed by atoms with Crippen molar-refractivity contribution in [2.45, 2.75) is 38.7 Å². The third kappa shape index (κ3) is 7.21. The number of phosphoric ester groups is 1. The van der Waals surface area contributed by atoms with Crippen LogP contribution in [0.1, 0.15) is 11.1 Å². The minimum absolute atomic E-state index is 0. The van der Waals surface area contributed by atoms with Crippen LogP contribution in [0.2, 0.25) is 0 Å². The topological polar surface area (TPSA) is 274 Å². The number of rotatable bonds is 7. The van der Waals surface area contributed by atoms with E-state index in [1.165, 1.54) is 4.57 Å². The van der Waals surface area contributed by atoms with Crippen LogP contribution in [0, 0.1) is 13.8 Å². The fraction of sp³-hybridized carbons (Fsp3) is 0.412. The Morgan fingerprint density at radius 1 is 1.12 bits per heavy atom. The first kappa shape index (κ1) is 32.4. The second-order valence-electron chi connectivity index (χ2n) is 7.08. The number of nitrogens with zero attached hydrogens (tertiary/aromatic N) is 3. The number of nitrogens with one attached hydrogen (secondary N) is 1. The maximum absolute atomic E-state index is 12.2. The number of fused-ring (bicyclic) bond motifs is 2. The van der Waals surface area contributed by atoms with Crippen LogP contribution < -0.4 is 45.7 Å². The second kappa shape index (κ2) is 12.4. The van der Waals surface area contributed by atoms with Crippen molar-refractivity contribution >= 4 is 18.9 Å². The molecule has 0 fully saturated rings. The summed E-state index contributed by atoms with van der Waals surface area (Å²) in [4.78, 5) is 53.3. The van der Waals surface area contributed by atoms with Crippen molar-refractivity contribution in [3.63, 3.8) is 0 Å². The van der Waals surface area contributed by atoms with E-state index >= 15 is 0 Å². The fourth-order valence-corrected chi connectivity index (χ4v) is 3.40. The molecule has 15 nitrogen and oxygen atoms in total. The third-order valence-electron chi connectivity index (χ3n) is 4.79. The molecule has 0 spiro atoms. The molecular weight excluding hydrogens is 490 g/mol. The Balaban J connectivity index is 0.00000363. The third-order valence-corrected chi connectivity index (χ3v) is 5.27. The van der Waals surface area contributed by atoms with Gasteiger partial charge in [-0.3, -0.25) is 14.3 Å². The number of hydrogen-bond donors (Lipinski definition) is 5. The quantitative estimate of drug-likeness (QED) is 0.112. The summed E-state index contributed by atoms with van der Waals surface area (Å²) in [6.45, 7) is 2.20. The van der Waals surface area contributed by atoms with E-state index in [1.807, 2.05) is 18.8 Å². The zero-order chi connectivity index (χ0) is 23.1. The van der Waals surface area contributed by atoms with Gasteiger partial charge in [-0.15, -0.1) is 0 Å². The summed E-state index contributed by atoms with van der Waals surface area (Å²) in [6, 6.07) is 3.40. The van der Waals surface area contributed by atoms with Gasteiger partial charge in [-0.05, 0) is 37.1 Å². The van der Waals surface area contributed by atoms with Crippen LogP contribution in [0.15, 0.2) is 21.7 Å². The number of phosphoric acid groups is 1. The van der Waals surface area contributed by atoms with Crippen molar-refractivity contribution in [2.24, 2.45) is 0 Å². The molecule has 9 N–H and O–H groups in total. The first-order valence-corrected chi connectivity index (χ1v) is 10.5. The molecule has 2 aliphatic rings. The van der Waals surface area contributed by atoms with Crippen molar-refractivity contribution in [1.82, 2.24) is 19.5 Å². The normalized spacial score (nSPS) is 15.4. The van der Waals surface area contributed by atoms with Crippen LogP contribution in [-0.2, 0) is 15.6 Å². The number of hydrogen-bond acceptors (Lipinski definition) is 10. The summed E-state index contributed by atoms with van der Waals surface area (Å²) in [5.74, 6) is -0.152. The van der Waals surface area contributed by atoms with Gasteiger partial charge in [0.15, 0.2) is 11.5 Å². The van der Waals surface area contributed by atoms with E-state index in [2.05, 4.69) is 14.5 Å². The molecule has 0 aliphatic carbocycles. The second-order valence-corrected chi connectivity index (χ2v) is 8.28. The Hall–Kier alpha value is -1.59. The molecule has 34 heavy (non-hydrogen) atoms. The number of aryl methyl sites for hydroxylation is 2. The predicted octanol–water partition coefficient (Wildman–Crippen LogP) is -6.88. The molecule has 17 heteroatoms. The number of H-pyrrole nitrogens is 1. The van der Waals surface area contributed by atoms with E-state index in [9.17, 15) is 34.4 Å². The number of benzene rings is 1. The van der Waals surface area contributed by atoms with E-state index in [4.69, 9.17) is 4.89 Å². The summed E-state index contributed by atoms with van der Waals surface area (Å²) < 4.78 is 16.0. The summed E-state index contributed by atoms with van der Waals surface area (Å²) in [6.07, 6.45) is -5.49. The van der Waals surface area contributed by atoms with Crippen molar-refractivity contribution in [1.29, 1.82) is 0 Å². The Morgan fingerprint density at radius 2 is 1.71 bits per heavy atom. The van der Waals surface area contributed by atoms with Gasteiger partial charge in [0, 0.05) is 0 Å². The fourth-order valence-electron chi connectivity index (χ4n) is 3.06. The van der Waals surface area contributed by atoms with Gasteiger partial charge in [-0.25, -0.2) is 9.78 Å². The Bertz CT molecular complexity index is 1260. The van der Waals surface area contributed by atoms with Gasteiger partial charge in [0.05, 0.1) is 24.2 Å². The summed E-state index contributed by atoms with van der Waals surface area (Å²) in [5, 5.41) is 30.5. The van der Waals surface area contributed by atoms with E-state index < -0.39 is 50.5 Å². The van der Waals surface area contributed by atoms with Gasteiger partial charge < -0.3 is 45.1 Å². The Kier molecular flexibility index (Phi) is 11.8. The molecule has 0 radical (unpaired) electrons.